The first-order chi connectivity index (χ1) is 5.86. The van der Waals surface area contributed by atoms with Gasteiger partial charge in [-0.25, -0.2) is 0 Å². The highest BCUT2D eigenvalue weighted by atomic mass is 16.7. The summed E-state index contributed by atoms with van der Waals surface area (Å²) in [6.07, 6.45) is 7.93. The third kappa shape index (κ3) is 2.20. The van der Waals surface area contributed by atoms with Gasteiger partial charge in [0.15, 0.2) is 0 Å². The number of rotatable bonds is 3. The molecule has 0 aromatic heterocycles. The van der Waals surface area contributed by atoms with E-state index in [0.717, 1.165) is 19.0 Å². The fraction of sp³-hybridized carbons (Fsp3) is 0.900. The van der Waals surface area contributed by atoms with Crippen molar-refractivity contribution in [2.75, 3.05) is 13.1 Å². The van der Waals surface area contributed by atoms with Crippen LogP contribution in [0.5, 0.6) is 0 Å². The first-order valence-electron chi connectivity index (χ1n) is 5.12. The highest BCUT2D eigenvalue weighted by Crippen LogP contribution is 2.39. The van der Waals surface area contributed by atoms with Crippen molar-refractivity contribution < 1.29 is 4.84 Å². The van der Waals surface area contributed by atoms with Crippen LogP contribution in [0.2, 0.25) is 0 Å². The van der Waals surface area contributed by atoms with Gasteiger partial charge in [-0.3, -0.25) is 4.84 Å². The molecular weight excluding hydrogens is 150 g/mol. The van der Waals surface area contributed by atoms with E-state index in [4.69, 9.17) is 4.84 Å². The average Bonchev–Trinajstić information content (AvgIpc) is 2.88. The molecule has 1 saturated heterocycles. The van der Waals surface area contributed by atoms with E-state index in [9.17, 15) is 0 Å². The van der Waals surface area contributed by atoms with Crippen molar-refractivity contribution in [1.29, 1.82) is 0 Å². The maximum atomic E-state index is 5.77. The average molecular weight is 168 g/mol. The van der Waals surface area contributed by atoms with Crippen molar-refractivity contribution in [1.82, 2.24) is 5.06 Å². The van der Waals surface area contributed by atoms with E-state index < -0.39 is 0 Å². The van der Waals surface area contributed by atoms with E-state index >= 15 is 0 Å². The lowest BCUT2D eigenvalue weighted by Gasteiger charge is -2.28. The van der Waals surface area contributed by atoms with Gasteiger partial charge in [-0.1, -0.05) is 6.42 Å². The van der Waals surface area contributed by atoms with Crippen LogP contribution in [-0.2, 0) is 4.84 Å². The molecule has 2 heteroatoms. The van der Waals surface area contributed by atoms with Gasteiger partial charge in [0.05, 0.1) is 0 Å². The molecule has 1 aliphatic carbocycles. The van der Waals surface area contributed by atoms with Crippen LogP contribution in [0, 0.1) is 12.0 Å². The summed E-state index contributed by atoms with van der Waals surface area (Å²) < 4.78 is 0. The predicted octanol–water partition coefficient (Wildman–Crippen LogP) is 2.37. The SMILES string of the molecule is C[C](ON1CCCCC1)C1CC1. The van der Waals surface area contributed by atoms with Gasteiger partial charge in [0.2, 0.25) is 0 Å². The van der Waals surface area contributed by atoms with Crippen LogP contribution in [0.4, 0.5) is 0 Å². The Morgan fingerprint density at radius 3 is 2.42 bits per heavy atom. The van der Waals surface area contributed by atoms with Gasteiger partial charge in [0.1, 0.15) is 6.10 Å². The van der Waals surface area contributed by atoms with Gasteiger partial charge in [-0.15, -0.1) is 0 Å². The third-order valence-corrected chi connectivity index (χ3v) is 2.74. The fourth-order valence-electron chi connectivity index (χ4n) is 1.72. The molecule has 2 rings (SSSR count). The van der Waals surface area contributed by atoms with Crippen molar-refractivity contribution in [3.63, 3.8) is 0 Å². The number of piperidine rings is 1. The summed E-state index contributed by atoms with van der Waals surface area (Å²) in [6, 6.07) is 0. The maximum absolute atomic E-state index is 5.77. The first-order valence-corrected chi connectivity index (χ1v) is 5.12. The van der Waals surface area contributed by atoms with Crippen LogP contribution in [-0.4, -0.2) is 18.2 Å². The molecule has 1 saturated carbocycles. The third-order valence-electron chi connectivity index (χ3n) is 2.74. The topological polar surface area (TPSA) is 12.5 Å². The van der Waals surface area contributed by atoms with Gasteiger partial charge in [-0.2, -0.15) is 5.06 Å². The molecule has 0 spiro atoms. The second-order valence-corrected chi connectivity index (χ2v) is 3.97. The summed E-state index contributed by atoms with van der Waals surface area (Å²) >= 11 is 0. The zero-order valence-electron chi connectivity index (χ0n) is 7.88. The van der Waals surface area contributed by atoms with E-state index in [0.29, 0.717) is 0 Å². The molecule has 0 amide bonds. The summed E-state index contributed by atoms with van der Waals surface area (Å²) in [5.74, 6) is 0.784. The zero-order chi connectivity index (χ0) is 8.39. The van der Waals surface area contributed by atoms with Crippen molar-refractivity contribution in [3.05, 3.63) is 6.10 Å². The Hall–Kier alpha value is -0.0800. The lowest BCUT2D eigenvalue weighted by molar-refractivity contribution is -0.163. The summed E-state index contributed by atoms with van der Waals surface area (Å²) in [5.41, 5.74) is 0. The highest BCUT2D eigenvalue weighted by Gasteiger charge is 2.31. The summed E-state index contributed by atoms with van der Waals surface area (Å²) in [6.45, 7) is 4.39. The lowest BCUT2D eigenvalue weighted by Crippen LogP contribution is -2.31. The number of hydrogen-bond acceptors (Lipinski definition) is 2. The Bertz CT molecular complexity index is 139. The predicted molar refractivity (Wildman–Crippen MR) is 48.2 cm³/mol. The van der Waals surface area contributed by atoms with Crippen molar-refractivity contribution in [3.8, 4) is 0 Å². The van der Waals surface area contributed by atoms with Crippen LogP contribution in [0.3, 0.4) is 0 Å². The quantitative estimate of drug-likeness (QED) is 0.641. The zero-order valence-corrected chi connectivity index (χ0v) is 7.88. The molecule has 12 heavy (non-hydrogen) atoms. The van der Waals surface area contributed by atoms with Crippen molar-refractivity contribution >= 4 is 0 Å². The Morgan fingerprint density at radius 1 is 1.17 bits per heavy atom. The van der Waals surface area contributed by atoms with E-state index in [-0.39, 0.29) is 0 Å². The van der Waals surface area contributed by atoms with Gasteiger partial charge < -0.3 is 0 Å². The minimum absolute atomic E-state index is 0.784. The largest absolute Gasteiger partial charge is 0.289 e. The molecule has 2 fully saturated rings. The van der Waals surface area contributed by atoms with E-state index in [1.807, 2.05) is 0 Å². The standard InChI is InChI=1S/C10H18NO/c1-9(10-5-6-10)12-11-7-3-2-4-8-11/h10H,2-8H2,1H3. The Morgan fingerprint density at radius 2 is 1.83 bits per heavy atom. The molecule has 69 valence electrons. The maximum Gasteiger partial charge on any atom is 0.121 e. The highest BCUT2D eigenvalue weighted by molar-refractivity contribution is 4.91. The van der Waals surface area contributed by atoms with Gasteiger partial charge in [0.25, 0.3) is 0 Å². The van der Waals surface area contributed by atoms with Crippen LogP contribution < -0.4 is 0 Å². The van der Waals surface area contributed by atoms with Crippen LogP contribution in [0.1, 0.15) is 39.0 Å². The smallest absolute Gasteiger partial charge is 0.121 e. The second-order valence-electron chi connectivity index (χ2n) is 3.97. The fourth-order valence-corrected chi connectivity index (χ4v) is 1.72. The molecule has 2 nitrogen and oxygen atoms in total. The van der Waals surface area contributed by atoms with Gasteiger partial charge in [-0.05, 0) is 38.5 Å². The Balaban J connectivity index is 1.69. The van der Waals surface area contributed by atoms with E-state index in [2.05, 4.69) is 12.0 Å². The molecule has 0 unspecified atom stereocenters. The molecule has 2 aliphatic rings. The van der Waals surface area contributed by atoms with E-state index in [1.54, 1.807) is 0 Å². The second kappa shape index (κ2) is 3.75. The summed E-state index contributed by atoms with van der Waals surface area (Å²) in [5, 5.41) is 2.14. The van der Waals surface area contributed by atoms with Gasteiger partial charge in [0, 0.05) is 13.1 Å². The monoisotopic (exact) mass is 168 g/mol. The Labute approximate surface area is 74.8 Å². The normalized spacial score (nSPS) is 26.5. The molecule has 0 atom stereocenters. The van der Waals surface area contributed by atoms with Crippen LogP contribution >= 0.6 is 0 Å². The minimum atomic E-state index is 0.784. The van der Waals surface area contributed by atoms with E-state index in [1.165, 1.54) is 38.2 Å². The van der Waals surface area contributed by atoms with Crippen LogP contribution in [0.25, 0.3) is 0 Å². The number of hydrogen-bond donors (Lipinski definition) is 0. The molecule has 1 aliphatic heterocycles. The number of hydroxylamine groups is 2. The van der Waals surface area contributed by atoms with Crippen molar-refractivity contribution in [2.45, 2.75) is 39.0 Å². The molecule has 1 heterocycles. The molecule has 0 aromatic rings. The first kappa shape index (κ1) is 8.52. The molecule has 0 bridgehead atoms. The van der Waals surface area contributed by atoms with Gasteiger partial charge >= 0.3 is 0 Å². The molecule has 1 radical (unpaired) electrons. The minimum Gasteiger partial charge on any atom is -0.289 e. The molecule has 0 aromatic carbocycles. The van der Waals surface area contributed by atoms with Crippen molar-refractivity contribution in [2.24, 2.45) is 5.92 Å². The summed E-state index contributed by atoms with van der Waals surface area (Å²) in [4.78, 5) is 5.77. The summed E-state index contributed by atoms with van der Waals surface area (Å²) in [7, 11) is 0. The Kier molecular flexibility index (Phi) is 2.66. The molecular formula is C10H18NO. The lowest BCUT2D eigenvalue weighted by atomic mass is 10.2. The number of nitrogens with zero attached hydrogens (tertiary/aromatic N) is 1. The molecule has 0 N–H and O–H groups in total. The van der Waals surface area contributed by atoms with Crippen LogP contribution in [0.15, 0.2) is 0 Å².